The maximum atomic E-state index is 12.2. The predicted octanol–water partition coefficient (Wildman–Crippen LogP) is 0.735. The monoisotopic (exact) mass is 286 g/mol. The van der Waals surface area contributed by atoms with Crippen LogP contribution < -0.4 is 15.2 Å². The van der Waals surface area contributed by atoms with E-state index in [0.717, 1.165) is 12.8 Å². The van der Waals surface area contributed by atoms with E-state index in [1.54, 1.807) is 6.07 Å². The lowest BCUT2D eigenvalue weighted by atomic mass is 10.2. The van der Waals surface area contributed by atoms with E-state index in [9.17, 15) is 8.42 Å². The lowest BCUT2D eigenvalue weighted by Gasteiger charge is -2.13. The number of nitrogen functional groups attached to an aromatic ring is 1. The lowest BCUT2D eigenvalue weighted by Crippen LogP contribution is -2.32. The summed E-state index contributed by atoms with van der Waals surface area (Å²) in [5.74, 6) is 0.272. The molecule has 0 spiro atoms. The van der Waals surface area contributed by atoms with Crippen LogP contribution in [0.5, 0.6) is 5.75 Å². The summed E-state index contributed by atoms with van der Waals surface area (Å²) >= 11 is 0. The van der Waals surface area contributed by atoms with Crippen LogP contribution in [0.4, 0.5) is 5.69 Å². The summed E-state index contributed by atoms with van der Waals surface area (Å²) in [4.78, 5) is 0.0491. The van der Waals surface area contributed by atoms with Gasteiger partial charge in [-0.1, -0.05) is 0 Å². The average molecular weight is 286 g/mol. The number of hydrogen-bond donors (Lipinski definition) is 2. The number of nitrogens with one attached hydrogen (secondary N) is 1. The summed E-state index contributed by atoms with van der Waals surface area (Å²) in [6, 6.07) is 4.52. The van der Waals surface area contributed by atoms with Gasteiger partial charge < -0.3 is 15.2 Å². The minimum absolute atomic E-state index is 0.0491. The van der Waals surface area contributed by atoms with Gasteiger partial charge in [-0.25, -0.2) is 13.1 Å². The second-order valence-electron chi connectivity index (χ2n) is 4.40. The number of methoxy groups -OCH3 is 1. The molecule has 2 rings (SSSR count). The van der Waals surface area contributed by atoms with Crippen LogP contribution in [0.1, 0.15) is 12.8 Å². The number of ether oxygens (including phenoxy) is 2. The summed E-state index contributed by atoms with van der Waals surface area (Å²) in [7, 11) is -2.23. The molecule has 106 valence electrons. The van der Waals surface area contributed by atoms with Crippen LogP contribution >= 0.6 is 0 Å². The summed E-state index contributed by atoms with van der Waals surface area (Å²) in [5, 5.41) is 0. The fraction of sp³-hybridized carbons (Fsp3) is 0.500. The Kier molecular flexibility index (Phi) is 4.28. The number of hydrogen-bond acceptors (Lipinski definition) is 5. The first-order valence-corrected chi connectivity index (χ1v) is 7.56. The number of benzene rings is 1. The summed E-state index contributed by atoms with van der Waals surface area (Å²) in [5.41, 5.74) is 6.00. The molecule has 19 heavy (non-hydrogen) atoms. The second-order valence-corrected chi connectivity index (χ2v) is 6.13. The van der Waals surface area contributed by atoms with Gasteiger partial charge in [0.25, 0.3) is 0 Å². The number of sulfonamides is 1. The third-order valence-corrected chi connectivity index (χ3v) is 4.45. The summed E-state index contributed by atoms with van der Waals surface area (Å²) < 4.78 is 37.4. The van der Waals surface area contributed by atoms with E-state index in [1.165, 1.54) is 19.2 Å². The molecule has 0 aromatic heterocycles. The van der Waals surface area contributed by atoms with Crippen LogP contribution in [-0.4, -0.2) is 34.8 Å². The molecule has 0 amide bonds. The Morgan fingerprint density at radius 3 is 2.95 bits per heavy atom. The second kappa shape index (κ2) is 5.77. The van der Waals surface area contributed by atoms with Crippen molar-refractivity contribution >= 4 is 15.7 Å². The van der Waals surface area contributed by atoms with Gasteiger partial charge in [0.1, 0.15) is 10.6 Å². The van der Waals surface area contributed by atoms with E-state index in [0.29, 0.717) is 12.3 Å². The third kappa shape index (κ3) is 3.37. The number of nitrogens with two attached hydrogens (primary N) is 1. The van der Waals surface area contributed by atoms with Crippen LogP contribution in [0.2, 0.25) is 0 Å². The molecule has 0 aliphatic carbocycles. The maximum Gasteiger partial charge on any atom is 0.244 e. The standard InChI is InChI=1S/C12H18N2O4S/c1-17-11-5-4-9(13)7-12(11)19(15,16)14-8-10-3-2-6-18-10/h4-5,7,10,14H,2-3,6,8,13H2,1H3. The van der Waals surface area contributed by atoms with Crippen molar-refractivity contribution in [2.75, 3.05) is 26.0 Å². The molecule has 0 saturated carbocycles. The molecule has 1 aromatic rings. The van der Waals surface area contributed by atoms with Crippen molar-refractivity contribution in [2.24, 2.45) is 0 Å². The van der Waals surface area contributed by atoms with Crippen LogP contribution in [0.15, 0.2) is 23.1 Å². The summed E-state index contributed by atoms with van der Waals surface area (Å²) in [6.07, 6.45) is 1.78. The summed E-state index contributed by atoms with van der Waals surface area (Å²) in [6.45, 7) is 0.953. The van der Waals surface area contributed by atoms with E-state index >= 15 is 0 Å². The molecular formula is C12H18N2O4S. The predicted molar refractivity (Wildman–Crippen MR) is 71.6 cm³/mol. The van der Waals surface area contributed by atoms with Gasteiger partial charge in [-0.15, -0.1) is 0 Å². The first-order chi connectivity index (χ1) is 9.03. The van der Waals surface area contributed by atoms with E-state index in [1.807, 2.05) is 0 Å². The Hall–Kier alpha value is -1.31. The highest BCUT2D eigenvalue weighted by molar-refractivity contribution is 7.89. The molecular weight excluding hydrogens is 268 g/mol. The van der Waals surface area contributed by atoms with Crippen LogP contribution in [0, 0.1) is 0 Å². The molecule has 6 nitrogen and oxygen atoms in total. The highest BCUT2D eigenvalue weighted by Gasteiger charge is 2.23. The van der Waals surface area contributed by atoms with Gasteiger partial charge in [0.15, 0.2) is 0 Å². The van der Waals surface area contributed by atoms with Crippen molar-refractivity contribution in [1.82, 2.24) is 4.72 Å². The normalized spacial score (nSPS) is 19.5. The van der Waals surface area contributed by atoms with Crippen molar-refractivity contribution in [1.29, 1.82) is 0 Å². The fourth-order valence-electron chi connectivity index (χ4n) is 1.99. The molecule has 7 heteroatoms. The Morgan fingerprint density at radius 1 is 1.53 bits per heavy atom. The Balaban J connectivity index is 2.16. The van der Waals surface area contributed by atoms with Gasteiger partial charge in [-0.05, 0) is 31.0 Å². The molecule has 0 radical (unpaired) electrons. The first-order valence-electron chi connectivity index (χ1n) is 6.08. The van der Waals surface area contributed by atoms with E-state index in [-0.39, 0.29) is 23.3 Å². The highest BCUT2D eigenvalue weighted by Crippen LogP contribution is 2.25. The molecule has 1 fully saturated rings. The zero-order valence-corrected chi connectivity index (χ0v) is 11.6. The molecule has 1 heterocycles. The molecule has 1 aromatic carbocycles. The molecule has 1 aliphatic rings. The van der Waals surface area contributed by atoms with Gasteiger partial charge in [0.2, 0.25) is 10.0 Å². The van der Waals surface area contributed by atoms with E-state index in [4.69, 9.17) is 15.2 Å². The van der Waals surface area contributed by atoms with Gasteiger partial charge >= 0.3 is 0 Å². The molecule has 1 unspecified atom stereocenters. The molecule has 0 bridgehead atoms. The zero-order valence-electron chi connectivity index (χ0n) is 10.8. The Morgan fingerprint density at radius 2 is 2.32 bits per heavy atom. The SMILES string of the molecule is COc1ccc(N)cc1S(=O)(=O)NCC1CCCO1. The van der Waals surface area contributed by atoms with Gasteiger partial charge in [0, 0.05) is 18.8 Å². The topological polar surface area (TPSA) is 90.7 Å². The fourth-order valence-corrected chi connectivity index (χ4v) is 3.26. The van der Waals surface area contributed by atoms with Crippen LogP contribution in [0.25, 0.3) is 0 Å². The molecule has 1 aliphatic heterocycles. The number of rotatable bonds is 5. The molecule has 1 saturated heterocycles. The van der Waals surface area contributed by atoms with E-state index in [2.05, 4.69) is 4.72 Å². The average Bonchev–Trinajstić information content (AvgIpc) is 2.89. The van der Waals surface area contributed by atoms with Crippen molar-refractivity contribution in [3.05, 3.63) is 18.2 Å². The smallest absolute Gasteiger partial charge is 0.244 e. The largest absolute Gasteiger partial charge is 0.495 e. The van der Waals surface area contributed by atoms with Crippen molar-refractivity contribution in [3.63, 3.8) is 0 Å². The maximum absolute atomic E-state index is 12.2. The highest BCUT2D eigenvalue weighted by atomic mass is 32.2. The Bertz CT molecular complexity index is 539. The van der Waals surface area contributed by atoms with Crippen molar-refractivity contribution in [2.45, 2.75) is 23.8 Å². The van der Waals surface area contributed by atoms with Gasteiger partial charge in [0.05, 0.1) is 13.2 Å². The van der Waals surface area contributed by atoms with Crippen molar-refractivity contribution in [3.8, 4) is 5.75 Å². The zero-order chi connectivity index (χ0) is 13.9. The quantitative estimate of drug-likeness (QED) is 0.779. The molecule has 3 N–H and O–H groups in total. The van der Waals surface area contributed by atoms with Crippen molar-refractivity contribution < 1.29 is 17.9 Å². The van der Waals surface area contributed by atoms with Gasteiger partial charge in [-0.3, -0.25) is 0 Å². The minimum atomic E-state index is -3.65. The molecule has 1 atom stereocenters. The van der Waals surface area contributed by atoms with Crippen LogP contribution in [-0.2, 0) is 14.8 Å². The van der Waals surface area contributed by atoms with Crippen LogP contribution in [0.3, 0.4) is 0 Å². The van der Waals surface area contributed by atoms with Gasteiger partial charge in [-0.2, -0.15) is 0 Å². The van der Waals surface area contributed by atoms with E-state index < -0.39 is 10.0 Å². The lowest BCUT2D eigenvalue weighted by molar-refractivity contribution is 0.114. The number of anilines is 1. The Labute approximate surface area is 112 Å². The minimum Gasteiger partial charge on any atom is -0.495 e. The first kappa shape index (κ1) is 14.1. The third-order valence-electron chi connectivity index (χ3n) is 3.00.